The van der Waals surface area contributed by atoms with Crippen molar-refractivity contribution in [3.8, 4) is 0 Å². The molecular formula is C24H28N4O2S2. The van der Waals surface area contributed by atoms with Crippen molar-refractivity contribution in [3.05, 3.63) is 45.2 Å². The molecule has 168 valence electrons. The summed E-state index contributed by atoms with van der Waals surface area (Å²) in [4.78, 5) is 33.8. The summed E-state index contributed by atoms with van der Waals surface area (Å²) in [5, 5.41) is 3.52. The highest BCUT2D eigenvalue weighted by atomic mass is 32.2. The van der Waals surface area contributed by atoms with Gasteiger partial charge in [0, 0.05) is 18.3 Å². The summed E-state index contributed by atoms with van der Waals surface area (Å²) < 4.78 is 2.14. The second kappa shape index (κ2) is 9.35. The Morgan fingerprint density at radius 3 is 2.50 bits per heavy atom. The molecule has 1 amide bonds. The van der Waals surface area contributed by atoms with E-state index in [0.717, 1.165) is 38.5 Å². The Bertz CT molecular complexity index is 1130. The van der Waals surface area contributed by atoms with Gasteiger partial charge in [-0.3, -0.25) is 18.9 Å². The Morgan fingerprint density at radius 1 is 1.03 bits per heavy atom. The summed E-state index contributed by atoms with van der Waals surface area (Å²) in [6, 6.07) is 6.00. The van der Waals surface area contributed by atoms with Crippen molar-refractivity contribution in [2.45, 2.75) is 76.3 Å². The summed E-state index contributed by atoms with van der Waals surface area (Å²) in [7, 11) is 0. The number of hydrogen-bond donors (Lipinski definition) is 1. The fourth-order valence-electron chi connectivity index (χ4n) is 5.05. The van der Waals surface area contributed by atoms with Gasteiger partial charge in [-0.2, -0.15) is 0 Å². The highest BCUT2D eigenvalue weighted by Crippen LogP contribution is 2.37. The first-order valence-corrected chi connectivity index (χ1v) is 12.9. The Hall–Kier alpha value is -2.19. The predicted molar refractivity (Wildman–Crippen MR) is 134 cm³/mol. The Balaban J connectivity index is 1.53. The van der Waals surface area contributed by atoms with Crippen LogP contribution in [0.1, 0.15) is 69.8 Å². The number of nitrogens with zero attached hydrogens (tertiary/aromatic N) is 3. The van der Waals surface area contributed by atoms with E-state index >= 15 is 0 Å². The number of carbonyl (C=O) groups is 1. The molecule has 3 aliphatic rings. The van der Waals surface area contributed by atoms with Gasteiger partial charge >= 0.3 is 0 Å². The number of aromatic nitrogens is 2. The van der Waals surface area contributed by atoms with Crippen molar-refractivity contribution in [1.29, 1.82) is 0 Å². The molecule has 6 nitrogen and oxygen atoms in total. The molecule has 32 heavy (non-hydrogen) atoms. The summed E-state index contributed by atoms with van der Waals surface area (Å²) in [5.41, 5.74) is 0.864. The van der Waals surface area contributed by atoms with Crippen molar-refractivity contribution in [2.75, 3.05) is 5.32 Å². The van der Waals surface area contributed by atoms with Crippen molar-refractivity contribution >= 4 is 51.7 Å². The maximum absolute atomic E-state index is 13.4. The summed E-state index contributed by atoms with van der Waals surface area (Å²) in [6.45, 7) is 0. The van der Waals surface area contributed by atoms with Gasteiger partial charge < -0.3 is 5.32 Å². The maximum Gasteiger partial charge on any atom is 0.267 e. The standard InChI is InChI=1S/C24H28N4O2S2/c29-22-18(15-19-23(30)28(24(31)32-19)17-11-5-2-6-12-17)21(25-16-9-3-1-4-10-16)26-20-13-7-8-14-27(20)22/h7-8,13-17,25H,1-6,9-12H2. The number of nitrogens with one attached hydrogen (secondary N) is 1. The third-order valence-corrected chi connectivity index (χ3v) is 8.08. The quantitative estimate of drug-likeness (QED) is 0.505. The van der Waals surface area contributed by atoms with Crippen LogP contribution < -0.4 is 10.9 Å². The number of thioether (sulfide) groups is 1. The molecule has 3 heterocycles. The molecule has 5 rings (SSSR count). The normalized spacial score (nSPS) is 22.2. The lowest BCUT2D eigenvalue weighted by Crippen LogP contribution is -2.39. The van der Waals surface area contributed by atoms with Gasteiger partial charge in [0.1, 0.15) is 15.8 Å². The summed E-state index contributed by atoms with van der Waals surface area (Å²) >= 11 is 6.88. The predicted octanol–water partition coefficient (Wildman–Crippen LogP) is 4.97. The zero-order valence-corrected chi connectivity index (χ0v) is 19.7. The van der Waals surface area contributed by atoms with Crippen molar-refractivity contribution in [2.24, 2.45) is 0 Å². The zero-order chi connectivity index (χ0) is 22.1. The lowest BCUT2D eigenvalue weighted by Gasteiger charge is -2.29. The van der Waals surface area contributed by atoms with Gasteiger partial charge in [0.25, 0.3) is 11.5 Å². The Kier molecular flexibility index (Phi) is 6.33. The van der Waals surface area contributed by atoms with Crippen LogP contribution in [0.15, 0.2) is 34.1 Å². The van der Waals surface area contributed by atoms with E-state index in [1.54, 1.807) is 21.6 Å². The van der Waals surface area contributed by atoms with Gasteiger partial charge in [-0.05, 0) is 43.9 Å². The molecular weight excluding hydrogens is 440 g/mol. The molecule has 0 atom stereocenters. The molecule has 1 N–H and O–H groups in total. The number of thiocarbonyl (C=S) groups is 1. The third kappa shape index (κ3) is 4.22. The lowest BCUT2D eigenvalue weighted by atomic mass is 9.94. The average Bonchev–Trinajstić information content (AvgIpc) is 3.10. The van der Waals surface area contributed by atoms with E-state index in [0.29, 0.717) is 32.3 Å². The van der Waals surface area contributed by atoms with Gasteiger partial charge in [0.15, 0.2) is 0 Å². The van der Waals surface area contributed by atoms with Crippen LogP contribution in [0.3, 0.4) is 0 Å². The maximum atomic E-state index is 13.4. The molecule has 1 saturated heterocycles. The van der Waals surface area contributed by atoms with Crippen LogP contribution in [0, 0.1) is 0 Å². The minimum Gasteiger partial charge on any atom is -0.367 e. The smallest absolute Gasteiger partial charge is 0.267 e. The van der Waals surface area contributed by atoms with Crippen LogP contribution in [0.5, 0.6) is 0 Å². The summed E-state index contributed by atoms with van der Waals surface area (Å²) in [5.74, 6) is 0.490. The molecule has 0 spiro atoms. The Labute approximate surface area is 197 Å². The van der Waals surface area contributed by atoms with Crippen LogP contribution in [0.2, 0.25) is 0 Å². The molecule has 1 aliphatic heterocycles. The number of amides is 1. The average molecular weight is 469 g/mol. The van der Waals surface area contributed by atoms with E-state index in [4.69, 9.17) is 17.2 Å². The highest BCUT2D eigenvalue weighted by molar-refractivity contribution is 8.26. The second-order valence-electron chi connectivity index (χ2n) is 8.93. The fraction of sp³-hybridized carbons (Fsp3) is 0.500. The lowest BCUT2D eigenvalue weighted by molar-refractivity contribution is -0.124. The van der Waals surface area contributed by atoms with Crippen LogP contribution in [-0.2, 0) is 4.79 Å². The molecule has 2 aromatic heterocycles. The highest BCUT2D eigenvalue weighted by Gasteiger charge is 2.37. The van der Waals surface area contributed by atoms with E-state index in [2.05, 4.69) is 5.32 Å². The molecule has 2 saturated carbocycles. The second-order valence-corrected chi connectivity index (χ2v) is 10.6. The van der Waals surface area contributed by atoms with Crippen molar-refractivity contribution in [3.63, 3.8) is 0 Å². The van der Waals surface area contributed by atoms with Crippen LogP contribution in [0.25, 0.3) is 11.7 Å². The molecule has 3 fully saturated rings. The van der Waals surface area contributed by atoms with Gasteiger partial charge in [0.2, 0.25) is 0 Å². The number of hydrogen-bond acceptors (Lipinski definition) is 6. The number of pyridine rings is 1. The van der Waals surface area contributed by atoms with Gasteiger partial charge in [-0.1, -0.05) is 68.6 Å². The molecule has 0 radical (unpaired) electrons. The van der Waals surface area contributed by atoms with E-state index in [9.17, 15) is 9.59 Å². The van der Waals surface area contributed by atoms with Crippen LogP contribution in [0.4, 0.5) is 5.82 Å². The molecule has 0 unspecified atom stereocenters. The number of carbonyl (C=O) groups excluding carboxylic acids is 1. The number of fused-ring (bicyclic) bond motifs is 1. The molecule has 0 bridgehead atoms. The van der Waals surface area contributed by atoms with Crippen LogP contribution in [-0.4, -0.2) is 36.6 Å². The van der Waals surface area contributed by atoms with Gasteiger partial charge in [-0.15, -0.1) is 0 Å². The first-order chi connectivity index (χ1) is 15.6. The number of anilines is 1. The van der Waals surface area contributed by atoms with E-state index in [-0.39, 0.29) is 17.5 Å². The monoisotopic (exact) mass is 468 g/mol. The van der Waals surface area contributed by atoms with Crippen molar-refractivity contribution in [1.82, 2.24) is 14.3 Å². The van der Waals surface area contributed by atoms with E-state index in [1.165, 1.54) is 37.4 Å². The minimum absolute atomic E-state index is 0.0759. The topological polar surface area (TPSA) is 66.7 Å². The fourth-order valence-corrected chi connectivity index (χ4v) is 6.43. The van der Waals surface area contributed by atoms with Crippen molar-refractivity contribution < 1.29 is 4.79 Å². The molecule has 8 heteroatoms. The third-order valence-electron chi connectivity index (χ3n) is 6.75. The summed E-state index contributed by atoms with van der Waals surface area (Å²) in [6.07, 6.45) is 14.7. The first-order valence-electron chi connectivity index (χ1n) is 11.7. The zero-order valence-electron chi connectivity index (χ0n) is 18.1. The van der Waals surface area contributed by atoms with E-state index < -0.39 is 0 Å². The molecule has 2 aromatic rings. The van der Waals surface area contributed by atoms with Gasteiger partial charge in [-0.25, -0.2) is 4.98 Å². The van der Waals surface area contributed by atoms with Crippen LogP contribution >= 0.6 is 24.0 Å². The largest absolute Gasteiger partial charge is 0.367 e. The van der Waals surface area contributed by atoms with Gasteiger partial charge in [0.05, 0.1) is 10.5 Å². The first kappa shape index (κ1) is 21.6. The molecule has 2 aliphatic carbocycles. The minimum atomic E-state index is -0.170. The SMILES string of the molecule is O=C1C(=Cc2c(NC3CCCCC3)nc3ccccn3c2=O)SC(=S)N1C1CCCCC1. The number of rotatable bonds is 4. The van der Waals surface area contributed by atoms with E-state index in [1.807, 2.05) is 18.2 Å². The Morgan fingerprint density at radius 2 is 1.75 bits per heavy atom. The molecule has 0 aromatic carbocycles.